The van der Waals surface area contributed by atoms with Gasteiger partial charge in [0.05, 0.1) is 12.3 Å². The molecule has 1 atom stereocenters. The van der Waals surface area contributed by atoms with E-state index >= 15 is 0 Å². The van der Waals surface area contributed by atoms with Gasteiger partial charge in [-0.25, -0.2) is 0 Å². The quantitative estimate of drug-likeness (QED) is 0.450. The van der Waals surface area contributed by atoms with E-state index in [9.17, 15) is 9.90 Å². The van der Waals surface area contributed by atoms with Crippen LogP contribution in [0.3, 0.4) is 0 Å². The second kappa shape index (κ2) is 6.51. The van der Waals surface area contributed by atoms with Gasteiger partial charge in [-0.05, 0) is 31.5 Å². The Morgan fingerprint density at radius 2 is 2.21 bits per heavy atom. The number of amides is 1. The number of anilines is 1. The summed E-state index contributed by atoms with van der Waals surface area (Å²) in [6.45, 7) is 5.61. The molecule has 1 rings (SSSR count). The van der Waals surface area contributed by atoms with Crippen LogP contribution < -0.4 is 21.3 Å². The van der Waals surface area contributed by atoms with Crippen molar-refractivity contribution in [2.24, 2.45) is 5.84 Å². The second-order valence-corrected chi connectivity index (χ2v) is 4.48. The zero-order valence-electron chi connectivity index (χ0n) is 11.5. The molecule has 19 heavy (non-hydrogen) atoms. The molecule has 0 aromatic heterocycles. The normalized spacial score (nSPS) is 13.7. The maximum atomic E-state index is 11.2. The standard InChI is InChI=1S/C13H21N3O3/c1-4-19-12-6-5-10(13(3,18)8-15-14)7-11(12)16-9(2)17/h5-7,15,18H,4,8,14H2,1-3H3,(H,16,17). The van der Waals surface area contributed by atoms with Crippen LogP contribution >= 0.6 is 0 Å². The second-order valence-electron chi connectivity index (χ2n) is 4.48. The Morgan fingerprint density at radius 1 is 1.53 bits per heavy atom. The van der Waals surface area contributed by atoms with Crippen molar-refractivity contribution in [1.82, 2.24) is 5.43 Å². The summed E-state index contributed by atoms with van der Waals surface area (Å²) < 4.78 is 5.43. The average molecular weight is 267 g/mol. The van der Waals surface area contributed by atoms with Crippen LogP contribution in [0.4, 0.5) is 5.69 Å². The molecule has 6 nitrogen and oxygen atoms in total. The topological polar surface area (TPSA) is 96.6 Å². The van der Waals surface area contributed by atoms with Gasteiger partial charge in [-0.1, -0.05) is 6.07 Å². The van der Waals surface area contributed by atoms with Crippen LogP contribution in [0, 0.1) is 0 Å². The summed E-state index contributed by atoms with van der Waals surface area (Å²) in [5.74, 6) is 5.61. The lowest BCUT2D eigenvalue weighted by molar-refractivity contribution is -0.114. The van der Waals surface area contributed by atoms with Gasteiger partial charge >= 0.3 is 0 Å². The van der Waals surface area contributed by atoms with Crippen LogP contribution in [0.15, 0.2) is 18.2 Å². The molecule has 1 unspecified atom stereocenters. The van der Waals surface area contributed by atoms with Gasteiger partial charge in [0, 0.05) is 13.5 Å². The molecule has 5 N–H and O–H groups in total. The number of nitrogens with one attached hydrogen (secondary N) is 2. The predicted molar refractivity (Wildman–Crippen MR) is 73.7 cm³/mol. The zero-order valence-corrected chi connectivity index (χ0v) is 11.5. The molecule has 6 heteroatoms. The number of benzene rings is 1. The Balaban J connectivity index is 3.13. The molecule has 0 aliphatic carbocycles. The van der Waals surface area contributed by atoms with Gasteiger partial charge in [0.1, 0.15) is 11.4 Å². The summed E-state index contributed by atoms with van der Waals surface area (Å²) in [6.07, 6.45) is 0. The van der Waals surface area contributed by atoms with E-state index in [-0.39, 0.29) is 12.5 Å². The lowest BCUT2D eigenvalue weighted by atomic mass is 9.95. The number of carbonyl (C=O) groups is 1. The fourth-order valence-corrected chi connectivity index (χ4v) is 1.73. The minimum absolute atomic E-state index is 0.195. The van der Waals surface area contributed by atoms with Gasteiger partial charge in [-0.2, -0.15) is 0 Å². The zero-order chi connectivity index (χ0) is 14.5. The largest absolute Gasteiger partial charge is 0.492 e. The fourth-order valence-electron chi connectivity index (χ4n) is 1.73. The van der Waals surface area contributed by atoms with Crippen LogP contribution in [0.25, 0.3) is 0 Å². The van der Waals surface area contributed by atoms with Crippen LogP contribution in [0.1, 0.15) is 26.3 Å². The first-order valence-electron chi connectivity index (χ1n) is 6.11. The number of aliphatic hydroxyl groups is 1. The molecule has 0 fully saturated rings. The Hall–Kier alpha value is -1.63. The van der Waals surface area contributed by atoms with E-state index in [1.165, 1.54) is 6.92 Å². The van der Waals surface area contributed by atoms with E-state index < -0.39 is 5.60 Å². The first-order valence-corrected chi connectivity index (χ1v) is 6.11. The van der Waals surface area contributed by atoms with Crippen molar-refractivity contribution in [2.45, 2.75) is 26.4 Å². The van der Waals surface area contributed by atoms with E-state index in [2.05, 4.69) is 10.7 Å². The van der Waals surface area contributed by atoms with Crippen molar-refractivity contribution in [2.75, 3.05) is 18.5 Å². The molecule has 0 saturated carbocycles. The molecular weight excluding hydrogens is 246 g/mol. The minimum Gasteiger partial charge on any atom is -0.492 e. The number of ether oxygens (including phenoxy) is 1. The monoisotopic (exact) mass is 267 g/mol. The smallest absolute Gasteiger partial charge is 0.221 e. The van der Waals surface area contributed by atoms with Gasteiger partial charge in [0.15, 0.2) is 0 Å². The molecule has 0 radical (unpaired) electrons. The Kier molecular flexibility index (Phi) is 5.29. The third-order valence-electron chi connectivity index (χ3n) is 2.66. The van der Waals surface area contributed by atoms with E-state index in [4.69, 9.17) is 10.6 Å². The van der Waals surface area contributed by atoms with E-state index in [1.807, 2.05) is 6.92 Å². The molecule has 0 bridgehead atoms. The predicted octanol–water partition coefficient (Wildman–Crippen LogP) is 0.714. The van der Waals surface area contributed by atoms with Crippen LogP contribution in [-0.4, -0.2) is 24.2 Å². The molecule has 0 aliphatic rings. The third kappa shape index (κ3) is 4.20. The molecule has 1 amide bonds. The molecule has 0 spiro atoms. The summed E-state index contributed by atoms with van der Waals surface area (Å²) in [4.78, 5) is 11.2. The molecule has 0 saturated heterocycles. The van der Waals surface area contributed by atoms with Gasteiger partial charge in [0.2, 0.25) is 5.91 Å². The summed E-state index contributed by atoms with van der Waals surface area (Å²) in [7, 11) is 0. The number of rotatable bonds is 6. The lowest BCUT2D eigenvalue weighted by Gasteiger charge is -2.24. The van der Waals surface area contributed by atoms with Crippen LogP contribution in [0.2, 0.25) is 0 Å². The highest BCUT2D eigenvalue weighted by molar-refractivity contribution is 5.90. The number of hydrogen-bond donors (Lipinski definition) is 4. The van der Waals surface area contributed by atoms with Crippen molar-refractivity contribution in [3.05, 3.63) is 23.8 Å². The van der Waals surface area contributed by atoms with Crippen LogP contribution in [0.5, 0.6) is 5.75 Å². The number of nitrogens with two attached hydrogens (primary N) is 1. The molecule has 106 valence electrons. The molecule has 1 aromatic carbocycles. The summed E-state index contributed by atoms with van der Waals surface area (Å²) in [5, 5.41) is 13.0. The first-order chi connectivity index (χ1) is 8.90. The molecule has 1 aromatic rings. The van der Waals surface area contributed by atoms with Crippen molar-refractivity contribution in [3.8, 4) is 5.75 Å². The minimum atomic E-state index is -1.13. The molecular formula is C13H21N3O3. The summed E-state index contributed by atoms with van der Waals surface area (Å²) >= 11 is 0. The van der Waals surface area contributed by atoms with E-state index in [0.29, 0.717) is 23.6 Å². The maximum absolute atomic E-state index is 11.2. The van der Waals surface area contributed by atoms with Gasteiger partial charge < -0.3 is 15.2 Å². The highest BCUT2D eigenvalue weighted by Crippen LogP contribution is 2.30. The van der Waals surface area contributed by atoms with Gasteiger partial charge in [-0.3, -0.25) is 16.1 Å². The summed E-state index contributed by atoms with van der Waals surface area (Å²) in [5.41, 5.74) is 2.47. The Labute approximate surface area is 112 Å². The Morgan fingerprint density at radius 3 is 2.74 bits per heavy atom. The van der Waals surface area contributed by atoms with E-state index in [1.54, 1.807) is 25.1 Å². The van der Waals surface area contributed by atoms with Crippen LogP contribution in [-0.2, 0) is 10.4 Å². The number of hydrazine groups is 1. The summed E-state index contributed by atoms with van der Waals surface area (Å²) in [6, 6.07) is 5.15. The third-order valence-corrected chi connectivity index (χ3v) is 2.66. The highest BCUT2D eigenvalue weighted by Gasteiger charge is 2.23. The first kappa shape index (κ1) is 15.4. The fraction of sp³-hybridized carbons (Fsp3) is 0.462. The van der Waals surface area contributed by atoms with Crippen molar-refractivity contribution in [1.29, 1.82) is 0 Å². The average Bonchev–Trinajstić information content (AvgIpc) is 2.30. The van der Waals surface area contributed by atoms with Crippen molar-refractivity contribution < 1.29 is 14.6 Å². The molecule has 0 heterocycles. The van der Waals surface area contributed by atoms with Gasteiger partial charge in [0.25, 0.3) is 0 Å². The lowest BCUT2D eigenvalue weighted by Crippen LogP contribution is -2.38. The SMILES string of the molecule is CCOc1ccc(C(C)(O)CNN)cc1NC(C)=O. The highest BCUT2D eigenvalue weighted by atomic mass is 16.5. The number of carbonyl (C=O) groups excluding carboxylic acids is 1. The van der Waals surface area contributed by atoms with Crippen molar-refractivity contribution >= 4 is 11.6 Å². The Bertz CT molecular complexity index is 447. The maximum Gasteiger partial charge on any atom is 0.221 e. The van der Waals surface area contributed by atoms with Crippen molar-refractivity contribution in [3.63, 3.8) is 0 Å². The number of hydrogen-bond acceptors (Lipinski definition) is 5. The van der Waals surface area contributed by atoms with Gasteiger partial charge in [-0.15, -0.1) is 0 Å². The molecule has 0 aliphatic heterocycles. The van der Waals surface area contributed by atoms with E-state index in [0.717, 1.165) is 0 Å².